The second kappa shape index (κ2) is 8.51. The summed E-state index contributed by atoms with van der Waals surface area (Å²) in [5, 5.41) is 4.11. The third kappa shape index (κ3) is 4.03. The predicted octanol–water partition coefficient (Wildman–Crippen LogP) is 2.80. The van der Waals surface area contributed by atoms with Crippen LogP contribution in [0.1, 0.15) is 38.7 Å². The number of nitrogens with zero attached hydrogens (tertiary/aromatic N) is 6. The van der Waals surface area contributed by atoms with Crippen LogP contribution < -0.4 is 5.56 Å². The Morgan fingerprint density at radius 2 is 2.00 bits per heavy atom. The molecule has 0 saturated carbocycles. The van der Waals surface area contributed by atoms with Crippen LogP contribution in [0, 0.1) is 5.82 Å². The number of imidazole rings is 1. The number of hydrogen-bond acceptors (Lipinski definition) is 8. The van der Waals surface area contributed by atoms with Gasteiger partial charge in [0.05, 0.1) is 29.8 Å². The van der Waals surface area contributed by atoms with Gasteiger partial charge in [-0.1, -0.05) is 5.16 Å². The molecule has 10 nitrogen and oxygen atoms in total. The Balaban J connectivity index is 1.43. The summed E-state index contributed by atoms with van der Waals surface area (Å²) in [6, 6.07) is 4.43. The molecular formula is C24H27FN6O4. The number of rotatable bonds is 5. The molecule has 0 amide bonds. The van der Waals surface area contributed by atoms with Crippen molar-refractivity contribution in [3.05, 3.63) is 46.6 Å². The fraction of sp³-hybridized carbons (Fsp3) is 0.500. The maximum absolute atomic E-state index is 14.2. The van der Waals surface area contributed by atoms with Gasteiger partial charge in [-0.25, -0.2) is 9.37 Å². The van der Waals surface area contributed by atoms with Crippen LogP contribution in [-0.4, -0.2) is 67.4 Å². The first kappa shape index (κ1) is 22.3. The lowest BCUT2D eigenvalue weighted by Crippen LogP contribution is -2.39. The van der Waals surface area contributed by atoms with Gasteiger partial charge in [0.25, 0.3) is 11.4 Å². The minimum atomic E-state index is -0.404. The molecule has 1 unspecified atom stereocenters. The lowest BCUT2D eigenvalue weighted by Gasteiger charge is -2.27. The van der Waals surface area contributed by atoms with Gasteiger partial charge in [0.2, 0.25) is 5.82 Å². The minimum absolute atomic E-state index is 0.231. The highest BCUT2D eigenvalue weighted by molar-refractivity contribution is 5.83. The zero-order valence-corrected chi connectivity index (χ0v) is 19.7. The molecule has 35 heavy (non-hydrogen) atoms. The summed E-state index contributed by atoms with van der Waals surface area (Å²) in [6.45, 7) is 8.04. The number of aromatic nitrogens is 5. The molecule has 0 aliphatic carbocycles. The van der Waals surface area contributed by atoms with E-state index in [1.54, 1.807) is 21.4 Å². The van der Waals surface area contributed by atoms with E-state index < -0.39 is 5.82 Å². The number of ether oxygens (including phenoxy) is 2. The molecule has 0 radical (unpaired) electrons. The highest BCUT2D eigenvalue weighted by Gasteiger charge is 2.36. The average Bonchev–Trinajstić information content (AvgIpc) is 3.57. The van der Waals surface area contributed by atoms with Crippen LogP contribution in [0.3, 0.4) is 0 Å². The summed E-state index contributed by atoms with van der Waals surface area (Å²) < 4.78 is 34.4. The van der Waals surface area contributed by atoms with Gasteiger partial charge in [-0.2, -0.15) is 4.98 Å². The number of fused-ring (bicyclic) bond motifs is 3. The SMILES string of the molecule is CC1(C)CCC(c2nc(-c3ncn4c3c(=O)n(CCN3CCOCC3)c3cc(F)ccc34)no2)O1. The van der Waals surface area contributed by atoms with E-state index in [4.69, 9.17) is 14.0 Å². The summed E-state index contributed by atoms with van der Waals surface area (Å²) in [4.78, 5) is 25.0. The quantitative estimate of drug-likeness (QED) is 0.428. The topological polar surface area (TPSA) is 99.9 Å². The average molecular weight is 483 g/mol. The van der Waals surface area contributed by atoms with Crippen molar-refractivity contribution in [3.63, 3.8) is 0 Å². The molecule has 2 saturated heterocycles. The molecule has 184 valence electrons. The van der Waals surface area contributed by atoms with E-state index in [0.29, 0.717) is 54.4 Å². The zero-order valence-electron chi connectivity index (χ0n) is 19.7. The molecule has 2 fully saturated rings. The second-order valence-electron chi connectivity index (χ2n) is 9.72. The summed E-state index contributed by atoms with van der Waals surface area (Å²) >= 11 is 0. The normalized spacial score (nSPS) is 20.8. The van der Waals surface area contributed by atoms with E-state index in [-0.39, 0.29) is 23.1 Å². The van der Waals surface area contributed by atoms with Gasteiger partial charge < -0.3 is 18.6 Å². The fourth-order valence-electron chi connectivity index (χ4n) is 4.96. The molecule has 0 spiro atoms. The van der Waals surface area contributed by atoms with E-state index in [0.717, 1.165) is 25.9 Å². The first-order valence-electron chi connectivity index (χ1n) is 11.9. The van der Waals surface area contributed by atoms with E-state index in [2.05, 4.69) is 20.0 Å². The van der Waals surface area contributed by atoms with Gasteiger partial charge in [-0.3, -0.25) is 14.1 Å². The van der Waals surface area contributed by atoms with Crippen LogP contribution >= 0.6 is 0 Å². The van der Waals surface area contributed by atoms with E-state index in [1.807, 2.05) is 13.8 Å². The molecule has 1 atom stereocenters. The van der Waals surface area contributed by atoms with Crippen molar-refractivity contribution in [1.29, 1.82) is 0 Å². The zero-order chi connectivity index (χ0) is 24.2. The Labute approximate surface area is 200 Å². The Kier molecular flexibility index (Phi) is 5.42. The Bertz CT molecular complexity index is 1450. The van der Waals surface area contributed by atoms with Gasteiger partial charge in [0.1, 0.15) is 29.5 Å². The van der Waals surface area contributed by atoms with Gasteiger partial charge in [-0.05, 0) is 44.9 Å². The van der Waals surface area contributed by atoms with Crippen molar-refractivity contribution < 1.29 is 18.4 Å². The number of benzene rings is 1. The Hall–Kier alpha value is -3.15. The first-order valence-corrected chi connectivity index (χ1v) is 11.9. The summed E-state index contributed by atoms with van der Waals surface area (Å²) in [5.41, 5.74) is 1.30. The first-order chi connectivity index (χ1) is 16.9. The monoisotopic (exact) mass is 482 g/mol. The predicted molar refractivity (Wildman–Crippen MR) is 125 cm³/mol. The van der Waals surface area contributed by atoms with Crippen molar-refractivity contribution in [2.45, 2.75) is 44.9 Å². The summed E-state index contributed by atoms with van der Waals surface area (Å²) in [7, 11) is 0. The smallest absolute Gasteiger partial charge is 0.277 e. The molecule has 0 bridgehead atoms. The third-order valence-electron chi connectivity index (χ3n) is 6.85. The van der Waals surface area contributed by atoms with Gasteiger partial charge in [0, 0.05) is 26.2 Å². The Morgan fingerprint density at radius 3 is 2.77 bits per heavy atom. The van der Waals surface area contributed by atoms with Gasteiger partial charge >= 0.3 is 0 Å². The largest absolute Gasteiger partial charge is 0.379 e. The van der Waals surface area contributed by atoms with Crippen LogP contribution in [-0.2, 0) is 16.0 Å². The molecule has 3 aromatic heterocycles. The molecule has 11 heteroatoms. The molecule has 6 rings (SSSR count). The lowest BCUT2D eigenvalue weighted by atomic mass is 10.1. The maximum atomic E-state index is 14.2. The van der Waals surface area contributed by atoms with Gasteiger partial charge in [-0.15, -0.1) is 0 Å². The van der Waals surface area contributed by atoms with Crippen LogP contribution in [0.2, 0.25) is 0 Å². The van der Waals surface area contributed by atoms with Crippen molar-refractivity contribution in [2.75, 3.05) is 32.8 Å². The maximum Gasteiger partial charge on any atom is 0.277 e. The van der Waals surface area contributed by atoms with Gasteiger partial charge in [0.15, 0.2) is 0 Å². The summed E-state index contributed by atoms with van der Waals surface area (Å²) in [5.74, 6) is 0.204. The molecule has 2 aliphatic rings. The molecule has 1 aromatic carbocycles. The molecule has 2 aliphatic heterocycles. The number of morpholine rings is 1. The van der Waals surface area contributed by atoms with Crippen LogP contribution in [0.25, 0.3) is 28.1 Å². The fourth-order valence-corrected chi connectivity index (χ4v) is 4.96. The van der Waals surface area contributed by atoms with Crippen molar-refractivity contribution >= 4 is 16.6 Å². The van der Waals surface area contributed by atoms with Crippen LogP contribution in [0.4, 0.5) is 4.39 Å². The number of halogens is 1. The lowest BCUT2D eigenvalue weighted by molar-refractivity contribution is -0.0292. The molecule has 0 N–H and O–H groups in total. The highest BCUT2D eigenvalue weighted by atomic mass is 19.1. The standard InChI is InChI=1S/C24H27FN6O4/c1-24(2)6-5-18(34-24)22-27-21(28-35-22)19-20-23(32)30(8-7-29-9-11-33-12-10-29)17-13-15(25)3-4-16(17)31(20)14-26-19/h3-4,13-14,18H,5-12H2,1-2H3. The second-order valence-corrected chi connectivity index (χ2v) is 9.72. The van der Waals surface area contributed by atoms with E-state index in [1.165, 1.54) is 12.1 Å². The minimum Gasteiger partial charge on any atom is -0.379 e. The van der Waals surface area contributed by atoms with E-state index >= 15 is 0 Å². The van der Waals surface area contributed by atoms with Crippen LogP contribution in [0.5, 0.6) is 0 Å². The highest BCUT2D eigenvalue weighted by Crippen LogP contribution is 2.38. The molecule has 5 heterocycles. The van der Waals surface area contributed by atoms with E-state index in [9.17, 15) is 9.18 Å². The van der Waals surface area contributed by atoms with Crippen molar-refractivity contribution in [2.24, 2.45) is 0 Å². The molecule has 4 aromatic rings. The third-order valence-corrected chi connectivity index (χ3v) is 6.85. The Morgan fingerprint density at radius 1 is 1.17 bits per heavy atom. The molecular weight excluding hydrogens is 455 g/mol. The summed E-state index contributed by atoms with van der Waals surface area (Å²) in [6.07, 6.45) is 2.93. The van der Waals surface area contributed by atoms with Crippen molar-refractivity contribution in [1.82, 2.24) is 29.0 Å². The van der Waals surface area contributed by atoms with Crippen LogP contribution in [0.15, 0.2) is 33.8 Å². The van der Waals surface area contributed by atoms with Crippen molar-refractivity contribution in [3.8, 4) is 11.5 Å². The number of hydrogen-bond donors (Lipinski definition) is 0.